The second kappa shape index (κ2) is 6.38. The molecule has 0 fully saturated rings. The van der Waals surface area contributed by atoms with Crippen LogP contribution in [0, 0.1) is 0 Å². The molecule has 0 unspecified atom stereocenters. The van der Waals surface area contributed by atoms with Crippen molar-refractivity contribution in [1.82, 2.24) is 15.5 Å². The molecule has 2 aromatic rings. The molecule has 1 aromatic heterocycles. The third-order valence-corrected chi connectivity index (χ3v) is 2.57. The summed E-state index contributed by atoms with van der Waals surface area (Å²) in [6.45, 7) is -0.0764. The predicted molar refractivity (Wildman–Crippen MR) is 66.9 cm³/mol. The zero-order chi connectivity index (χ0) is 15.3. The maximum Gasteiger partial charge on any atom is 0.389 e. The lowest BCUT2D eigenvalue weighted by Crippen LogP contribution is -2.25. The van der Waals surface area contributed by atoms with Crippen LogP contribution in [-0.2, 0) is 11.3 Å². The van der Waals surface area contributed by atoms with Crippen molar-refractivity contribution in [1.29, 1.82) is 0 Å². The van der Waals surface area contributed by atoms with Gasteiger partial charge in [0.25, 0.3) is 5.89 Å². The van der Waals surface area contributed by atoms with Crippen LogP contribution in [0.3, 0.4) is 0 Å². The Labute approximate surface area is 118 Å². The fourth-order valence-electron chi connectivity index (χ4n) is 1.55. The highest BCUT2D eigenvalue weighted by Crippen LogP contribution is 2.21. The van der Waals surface area contributed by atoms with Gasteiger partial charge in [-0.05, 0) is 12.1 Å². The van der Waals surface area contributed by atoms with Crippen molar-refractivity contribution in [3.05, 3.63) is 36.2 Å². The average molecular weight is 299 g/mol. The minimum Gasteiger partial charge on any atom is -0.349 e. The van der Waals surface area contributed by atoms with E-state index >= 15 is 0 Å². The molecule has 0 aliphatic heterocycles. The number of benzene rings is 1. The molecule has 5 nitrogen and oxygen atoms in total. The molecule has 0 radical (unpaired) electrons. The van der Waals surface area contributed by atoms with Gasteiger partial charge in [0.05, 0.1) is 13.0 Å². The van der Waals surface area contributed by atoms with E-state index in [0.717, 1.165) is 5.56 Å². The van der Waals surface area contributed by atoms with Crippen LogP contribution in [-0.4, -0.2) is 22.2 Å². The highest BCUT2D eigenvalue weighted by Gasteiger charge is 2.27. The van der Waals surface area contributed by atoms with E-state index in [1.165, 1.54) is 0 Å². The number of hydrogen-bond acceptors (Lipinski definition) is 4. The fraction of sp³-hybridized carbons (Fsp3) is 0.308. The van der Waals surface area contributed by atoms with Gasteiger partial charge in [0.1, 0.15) is 0 Å². The Bertz CT molecular complexity index is 596. The lowest BCUT2D eigenvalue weighted by Gasteiger charge is -2.05. The largest absolute Gasteiger partial charge is 0.389 e. The smallest absolute Gasteiger partial charge is 0.349 e. The molecule has 0 saturated heterocycles. The number of aromatic nitrogens is 2. The molecule has 2 rings (SSSR count). The quantitative estimate of drug-likeness (QED) is 0.921. The van der Waals surface area contributed by atoms with Gasteiger partial charge in [-0.25, -0.2) is 0 Å². The molecule has 1 aromatic carbocycles. The maximum atomic E-state index is 12.0. The Morgan fingerprint density at radius 2 is 1.95 bits per heavy atom. The lowest BCUT2D eigenvalue weighted by molar-refractivity contribution is -0.144. The van der Waals surface area contributed by atoms with E-state index < -0.39 is 24.9 Å². The molecule has 1 N–H and O–H groups in total. The van der Waals surface area contributed by atoms with Crippen LogP contribution >= 0.6 is 0 Å². The third kappa shape index (κ3) is 4.90. The van der Waals surface area contributed by atoms with Gasteiger partial charge in [-0.3, -0.25) is 4.79 Å². The van der Waals surface area contributed by atoms with Crippen molar-refractivity contribution in [2.24, 2.45) is 0 Å². The third-order valence-electron chi connectivity index (χ3n) is 2.57. The standard InChI is InChI=1S/C13H12F3N3O2/c14-13(15,16)7-6-11(20)17-8-10-18-12(21-19-10)9-4-2-1-3-5-9/h1-5H,6-8H2,(H,17,20). The van der Waals surface area contributed by atoms with E-state index in [9.17, 15) is 18.0 Å². The summed E-state index contributed by atoms with van der Waals surface area (Å²) in [5.41, 5.74) is 0.722. The zero-order valence-electron chi connectivity index (χ0n) is 10.9. The number of nitrogens with zero attached hydrogens (tertiary/aromatic N) is 2. The Balaban J connectivity index is 1.85. The molecule has 0 aliphatic carbocycles. The first-order chi connectivity index (χ1) is 9.94. The molecule has 1 amide bonds. The van der Waals surface area contributed by atoms with E-state index in [2.05, 4.69) is 15.5 Å². The van der Waals surface area contributed by atoms with Crippen molar-refractivity contribution in [2.75, 3.05) is 0 Å². The van der Waals surface area contributed by atoms with Crippen LogP contribution in [0.5, 0.6) is 0 Å². The number of hydrogen-bond donors (Lipinski definition) is 1. The van der Waals surface area contributed by atoms with Crippen molar-refractivity contribution in [2.45, 2.75) is 25.6 Å². The Hall–Kier alpha value is -2.38. The molecule has 0 bridgehead atoms. The second-order valence-corrected chi connectivity index (χ2v) is 4.27. The summed E-state index contributed by atoms with van der Waals surface area (Å²) < 4.78 is 40.9. The van der Waals surface area contributed by atoms with E-state index in [1.54, 1.807) is 24.3 Å². The number of alkyl halides is 3. The van der Waals surface area contributed by atoms with Crippen LogP contribution in [0.4, 0.5) is 13.2 Å². The Morgan fingerprint density at radius 3 is 2.62 bits per heavy atom. The van der Waals surface area contributed by atoms with Gasteiger partial charge in [0.15, 0.2) is 5.82 Å². The van der Waals surface area contributed by atoms with Crippen molar-refractivity contribution in [3.63, 3.8) is 0 Å². The summed E-state index contributed by atoms with van der Waals surface area (Å²) in [5.74, 6) is -0.220. The van der Waals surface area contributed by atoms with Gasteiger partial charge in [-0.2, -0.15) is 18.2 Å². The summed E-state index contributed by atoms with van der Waals surface area (Å²) in [4.78, 5) is 15.3. The lowest BCUT2D eigenvalue weighted by atomic mass is 10.2. The van der Waals surface area contributed by atoms with Crippen molar-refractivity contribution >= 4 is 5.91 Å². The summed E-state index contributed by atoms with van der Waals surface area (Å²) in [7, 11) is 0. The topological polar surface area (TPSA) is 68.0 Å². The summed E-state index contributed by atoms with van der Waals surface area (Å²) in [6.07, 6.45) is -6.11. The first kappa shape index (κ1) is 15.0. The summed E-state index contributed by atoms with van der Waals surface area (Å²) in [6, 6.07) is 9.00. The SMILES string of the molecule is O=C(CCC(F)(F)F)NCc1noc(-c2ccccc2)n1. The van der Waals surface area contributed by atoms with Gasteiger partial charge in [0, 0.05) is 12.0 Å². The zero-order valence-corrected chi connectivity index (χ0v) is 10.9. The van der Waals surface area contributed by atoms with Crippen LogP contribution < -0.4 is 5.32 Å². The Kier molecular flexibility index (Phi) is 4.56. The second-order valence-electron chi connectivity index (χ2n) is 4.27. The average Bonchev–Trinajstić information content (AvgIpc) is 2.92. The number of halogens is 3. The molecule has 8 heteroatoms. The molecule has 0 aliphatic rings. The minimum atomic E-state index is -4.34. The number of rotatable bonds is 5. The number of amides is 1. The minimum absolute atomic E-state index is 0.0764. The number of carbonyl (C=O) groups excluding carboxylic acids is 1. The van der Waals surface area contributed by atoms with Crippen LogP contribution in [0.25, 0.3) is 11.5 Å². The monoisotopic (exact) mass is 299 g/mol. The van der Waals surface area contributed by atoms with Crippen molar-refractivity contribution < 1.29 is 22.5 Å². The normalized spacial score (nSPS) is 11.4. The maximum absolute atomic E-state index is 12.0. The van der Waals surface area contributed by atoms with Gasteiger partial charge < -0.3 is 9.84 Å². The van der Waals surface area contributed by atoms with E-state index in [1.807, 2.05) is 6.07 Å². The van der Waals surface area contributed by atoms with Gasteiger partial charge >= 0.3 is 6.18 Å². The summed E-state index contributed by atoms with van der Waals surface area (Å²) in [5, 5.41) is 5.96. The van der Waals surface area contributed by atoms with Gasteiger partial charge in [0.2, 0.25) is 5.91 Å². The highest BCUT2D eigenvalue weighted by atomic mass is 19.4. The molecule has 21 heavy (non-hydrogen) atoms. The molecular weight excluding hydrogens is 287 g/mol. The predicted octanol–water partition coefficient (Wildman–Crippen LogP) is 2.70. The molecular formula is C13H12F3N3O2. The number of nitrogens with one attached hydrogen (secondary N) is 1. The van der Waals surface area contributed by atoms with Gasteiger partial charge in [-0.15, -0.1) is 0 Å². The highest BCUT2D eigenvalue weighted by molar-refractivity contribution is 5.75. The summed E-state index contributed by atoms with van der Waals surface area (Å²) >= 11 is 0. The molecule has 1 heterocycles. The van der Waals surface area contributed by atoms with Crippen LogP contribution in [0.1, 0.15) is 18.7 Å². The first-order valence-corrected chi connectivity index (χ1v) is 6.15. The molecule has 0 atom stereocenters. The van der Waals surface area contributed by atoms with Crippen LogP contribution in [0.15, 0.2) is 34.9 Å². The van der Waals surface area contributed by atoms with E-state index in [0.29, 0.717) is 0 Å². The van der Waals surface area contributed by atoms with Gasteiger partial charge in [-0.1, -0.05) is 23.4 Å². The Morgan fingerprint density at radius 1 is 1.24 bits per heavy atom. The molecule has 0 spiro atoms. The first-order valence-electron chi connectivity index (χ1n) is 6.15. The number of carbonyl (C=O) groups is 1. The molecule has 112 valence electrons. The molecule has 0 saturated carbocycles. The fourth-order valence-corrected chi connectivity index (χ4v) is 1.55. The van der Waals surface area contributed by atoms with E-state index in [-0.39, 0.29) is 18.3 Å². The van der Waals surface area contributed by atoms with Crippen LogP contribution in [0.2, 0.25) is 0 Å². The van der Waals surface area contributed by atoms with Crippen molar-refractivity contribution in [3.8, 4) is 11.5 Å². The van der Waals surface area contributed by atoms with E-state index in [4.69, 9.17) is 4.52 Å².